The molecule has 118 valence electrons. The van der Waals surface area contributed by atoms with E-state index in [1.807, 2.05) is 57.0 Å². The first-order valence-corrected chi connectivity index (χ1v) is 8.45. The number of hydrogen-bond donors (Lipinski definition) is 1. The Labute approximate surface area is 135 Å². The van der Waals surface area contributed by atoms with Gasteiger partial charge in [0.2, 0.25) is 0 Å². The molecule has 22 heavy (non-hydrogen) atoms. The van der Waals surface area contributed by atoms with E-state index in [0.29, 0.717) is 6.54 Å². The van der Waals surface area contributed by atoms with Gasteiger partial charge in [0.25, 0.3) is 0 Å². The molecule has 0 atom stereocenters. The molecule has 2 amide bonds. The minimum absolute atomic E-state index is 0.0762. The average Bonchev–Trinajstić information content (AvgIpc) is 2.93. The van der Waals surface area contributed by atoms with Gasteiger partial charge in [-0.15, -0.1) is 11.8 Å². The lowest BCUT2D eigenvalue weighted by Crippen LogP contribution is -2.32. The summed E-state index contributed by atoms with van der Waals surface area (Å²) in [5.41, 5.74) is 2.06. The summed E-state index contributed by atoms with van der Waals surface area (Å²) < 4.78 is 1.80. The monoisotopic (exact) mass is 318 g/mol. The van der Waals surface area contributed by atoms with Crippen LogP contribution in [0.25, 0.3) is 0 Å². The number of carbonyl (C=O) groups excluding carboxylic acids is 1. The lowest BCUT2D eigenvalue weighted by atomic mass is 10.2. The topological polar surface area (TPSA) is 50.2 Å². The van der Waals surface area contributed by atoms with Crippen LogP contribution in [0.15, 0.2) is 41.6 Å². The van der Waals surface area contributed by atoms with Crippen LogP contribution >= 0.6 is 11.8 Å². The van der Waals surface area contributed by atoms with Gasteiger partial charge < -0.3 is 10.2 Å². The summed E-state index contributed by atoms with van der Waals surface area (Å²) in [7, 11) is 3.73. The predicted octanol–water partition coefficient (Wildman–Crippen LogP) is 3.24. The molecule has 0 saturated carbocycles. The standard InChI is InChI=1S/C16H22N4OS/c1-19(10-6-7-13-11-17-20(2)12-13)16(21)18-14-8-4-5-9-15(14)22-3/h4-5,8-9,11-12H,6-7,10H2,1-3H3,(H,18,21). The molecule has 6 heteroatoms. The van der Waals surface area contributed by atoms with Gasteiger partial charge in [0.05, 0.1) is 11.9 Å². The summed E-state index contributed by atoms with van der Waals surface area (Å²) >= 11 is 1.62. The number of thioether (sulfide) groups is 1. The maximum Gasteiger partial charge on any atom is 0.321 e. The molecule has 0 aliphatic rings. The fourth-order valence-corrected chi connectivity index (χ4v) is 2.74. The van der Waals surface area contributed by atoms with Crippen molar-refractivity contribution in [1.29, 1.82) is 0 Å². The number of nitrogens with zero attached hydrogens (tertiary/aromatic N) is 3. The minimum Gasteiger partial charge on any atom is -0.328 e. The molecule has 2 aromatic rings. The Bertz CT molecular complexity index is 626. The minimum atomic E-state index is -0.0762. The Hall–Kier alpha value is -1.95. The van der Waals surface area contributed by atoms with E-state index in [-0.39, 0.29) is 6.03 Å². The van der Waals surface area contributed by atoms with Crippen LogP contribution in [0.3, 0.4) is 0 Å². The molecule has 0 saturated heterocycles. The molecular weight excluding hydrogens is 296 g/mol. The third-order valence-corrected chi connectivity index (χ3v) is 4.21. The molecule has 2 rings (SSSR count). The Morgan fingerprint density at radius 3 is 2.86 bits per heavy atom. The van der Waals surface area contributed by atoms with Crippen molar-refractivity contribution in [2.45, 2.75) is 17.7 Å². The summed E-state index contributed by atoms with van der Waals surface area (Å²) in [6.45, 7) is 0.710. The zero-order valence-electron chi connectivity index (χ0n) is 13.2. The third-order valence-electron chi connectivity index (χ3n) is 3.41. The molecule has 0 bridgehead atoms. The molecule has 1 heterocycles. The average molecular weight is 318 g/mol. The molecule has 0 spiro atoms. The number of anilines is 1. The number of aryl methyl sites for hydroxylation is 2. The normalized spacial score (nSPS) is 10.5. The molecule has 0 unspecified atom stereocenters. The molecule has 0 fully saturated rings. The van der Waals surface area contributed by atoms with Crippen LogP contribution in [0.2, 0.25) is 0 Å². The van der Waals surface area contributed by atoms with E-state index in [1.165, 1.54) is 5.56 Å². The second-order valence-electron chi connectivity index (χ2n) is 5.18. The van der Waals surface area contributed by atoms with Crippen molar-refractivity contribution in [3.63, 3.8) is 0 Å². The van der Waals surface area contributed by atoms with Crippen molar-refractivity contribution in [2.24, 2.45) is 7.05 Å². The van der Waals surface area contributed by atoms with Crippen LogP contribution in [0.1, 0.15) is 12.0 Å². The number of para-hydroxylation sites is 1. The Kier molecular flexibility index (Phi) is 5.89. The van der Waals surface area contributed by atoms with E-state index in [9.17, 15) is 4.79 Å². The van der Waals surface area contributed by atoms with Crippen LogP contribution in [0.4, 0.5) is 10.5 Å². The van der Waals surface area contributed by atoms with Gasteiger partial charge in [0, 0.05) is 31.7 Å². The molecule has 0 aliphatic carbocycles. The molecule has 1 aromatic carbocycles. The highest BCUT2D eigenvalue weighted by Gasteiger charge is 2.10. The van der Waals surface area contributed by atoms with Crippen molar-refractivity contribution in [3.05, 3.63) is 42.2 Å². The van der Waals surface area contributed by atoms with E-state index >= 15 is 0 Å². The van der Waals surface area contributed by atoms with Crippen molar-refractivity contribution in [3.8, 4) is 0 Å². The number of nitrogens with one attached hydrogen (secondary N) is 1. The highest BCUT2D eigenvalue weighted by atomic mass is 32.2. The number of rotatable bonds is 6. The van der Waals surface area contributed by atoms with Gasteiger partial charge in [0.1, 0.15) is 0 Å². The maximum atomic E-state index is 12.2. The lowest BCUT2D eigenvalue weighted by molar-refractivity contribution is 0.222. The van der Waals surface area contributed by atoms with Gasteiger partial charge >= 0.3 is 6.03 Å². The van der Waals surface area contributed by atoms with Gasteiger partial charge in [-0.3, -0.25) is 4.68 Å². The highest BCUT2D eigenvalue weighted by Crippen LogP contribution is 2.24. The highest BCUT2D eigenvalue weighted by molar-refractivity contribution is 7.98. The van der Waals surface area contributed by atoms with Gasteiger partial charge in [-0.25, -0.2) is 4.79 Å². The van der Waals surface area contributed by atoms with Crippen LogP contribution in [0.5, 0.6) is 0 Å². The third kappa shape index (κ3) is 4.53. The second kappa shape index (κ2) is 7.89. The van der Waals surface area contributed by atoms with E-state index < -0.39 is 0 Å². The number of urea groups is 1. The van der Waals surface area contributed by atoms with Gasteiger partial charge in [-0.1, -0.05) is 12.1 Å². The van der Waals surface area contributed by atoms with Gasteiger partial charge in [-0.2, -0.15) is 5.10 Å². The Morgan fingerprint density at radius 1 is 1.41 bits per heavy atom. The summed E-state index contributed by atoms with van der Waals surface area (Å²) in [6.07, 6.45) is 7.72. The fraction of sp³-hybridized carbons (Fsp3) is 0.375. The van der Waals surface area contributed by atoms with Crippen LogP contribution in [0, 0.1) is 0 Å². The number of carbonyl (C=O) groups is 1. The van der Waals surface area contributed by atoms with E-state index in [4.69, 9.17) is 0 Å². The number of aromatic nitrogens is 2. The van der Waals surface area contributed by atoms with E-state index in [1.54, 1.807) is 21.3 Å². The molecule has 5 nitrogen and oxygen atoms in total. The number of amides is 2. The lowest BCUT2D eigenvalue weighted by Gasteiger charge is -2.18. The maximum absolute atomic E-state index is 12.2. The summed E-state index contributed by atoms with van der Waals surface area (Å²) in [5.74, 6) is 0. The van der Waals surface area contributed by atoms with Crippen LogP contribution < -0.4 is 5.32 Å². The second-order valence-corrected chi connectivity index (χ2v) is 6.03. The van der Waals surface area contributed by atoms with Crippen molar-refractivity contribution in [1.82, 2.24) is 14.7 Å². The van der Waals surface area contributed by atoms with Crippen molar-refractivity contribution >= 4 is 23.5 Å². The SMILES string of the molecule is CSc1ccccc1NC(=O)N(C)CCCc1cnn(C)c1. The smallest absolute Gasteiger partial charge is 0.321 e. The molecule has 1 N–H and O–H groups in total. The molecule has 0 aliphatic heterocycles. The quantitative estimate of drug-likeness (QED) is 0.832. The molecule has 0 radical (unpaired) electrons. The fourth-order valence-electron chi connectivity index (χ4n) is 2.18. The first-order valence-electron chi connectivity index (χ1n) is 7.23. The zero-order chi connectivity index (χ0) is 15.9. The summed E-state index contributed by atoms with van der Waals surface area (Å²) in [4.78, 5) is 15.0. The first kappa shape index (κ1) is 16.4. The van der Waals surface area contributed by atoms with Crippen molar-refractivity contribution in [2.75, 3.05) is 25.2 Å². The van der Waals surface area contributed by atoms with E-state index in [0.717, 1.165) is 23.4 Å². The van der Waals surface area contributed by atoms with Gasteiger partial charge in [-0.05, 0) is 36.8 Å². The van der Waals surface area contributed by atoms with Crippen molar-refractivity contribution < 1.29 is 4.79 Å². The van der Waals surface area contributed by atoms with Gasteiger partial charge in [0.15, 0.2) is 0 Å². The number of hydrogen-bond acceptors (Lipinski definition) is 3. The molecule has 1 aromatic heterocycles. The predicted molar refractivity (Wildman–Crippen MR) is 91.4 cm³/mol. The van der Waals surface area contributed by atoms with Crippen LogP contribution in [-0.4, -0.2) is 40.6 Å². The zero-order valence-corrected chi connectivity index (χ0v) is 14.1. The van der Waals surface area contributed by atoms with E-state index in [2.05, 4.69) is 10.4 Å². The number of benzene rings is 1. The molecular formula is C16H22N4OS. The Morgan fingerprint density at radius 2 is 2.18 bits per heavy atom. The summed E-state index contributed by atoms with van der Waals surface area (Å²) in [5, 5.41) is 7.11. The first-order chi connectivity index (χ1) is 10.6. The largest absolute Gasteiger partial charge is 0.328 e. The van der Waals surface area contributed by atoms with Crippen LogP contribution in [-0.2, 0) is 13.5 Å². The Balaban J connectivity index is 1.81. The summed E-state index contributed by atoms with van der Waals surface area (Å²) in [6, 6.07) is 7.75.